The molecule has 43 heavy (non-hydrogen) atoms. The Hall–Kier alpha value is -3.63. The van der Waals surface area contributed by atoms with E-state index in [1.54, 1.807) is 0 Å². The van der Waals surface area contributed by atoms with Gasteiger partial charge in [-0.2, -0.15) is 0 Å². The van der Waals surface area contributed by atoms with Crippen LogP contribution in [0.25, 0.3) is 0 Å². The zero-order chi connectivity index (χ0) is 33.3. The average molecular weight is 655 g/mol. The number of benzene rings is 3. The Kier molecular flexibility index (Phi) is 8.77. The molecule has 3 aromatic rings. The molecule has 0 N–H and O–H groups in total. The minimum atomic E-state index is -7.08. The Morgan fingerprint density at radius 2 is 0.605 bits per heavy atom. The molecule has 1 nitrogen and oxygen atoms in total. The summed E-state index contributed by atoms with van der Waals surface area (Å²) >= 11 is 0. The smallest absolute Gasteiger partial charge is 0.200 e. The van der Waals surface area contributed by atoms with Crippen LogP contribution in [0, 0.1) is 92.7 Å². The van der Waals surface area contributed by atoms with Gasteiger partial charge in [0.25, 0.3) is 0 Å². The molecule has 0 fully saturated rings. The summed E-state index contributed by atoms with van der Waals surface area (Å²) in [6.07, 6.45) is 0. The Bertz CT molecular complexity index is 1440. The summed E-state index contributed by atoms with van der Waals surface area (Å²) in [5, 5.41) is -7.79. The van der Waals surface area contributed by atoms with Crippen molar-refractivity contribution in [3.8, 4) is 0 Å². The Morgan fingerprint density at radius 3 is 0.767 bits per heavy atom. The van der Waals surface area contributed by atoms with Crippen molar-refractivity contribution in [2.45, 2.75) is 20.8 Å². The number of hydrogen-bond acceptors (Lipinski definition) is 1. The molecule has 0 aliphatic rings. The largest absolute Gasteiger partial charge is 0.381 e. The fourth-order valence-electron chi connectivity index (χ4n) is 4.67. The van der Waals surface area contributed by atoms with Crippen molar-refractivity contribution in [2.75, 3.05) is 14.1 Å². The first kappa shape index (κ1) is 33.9. The lowest BCUT2D eigenvalue weighted by Crippen LogP contribution is -2.73. The van der Waals surface area contributed by atoms with Crippen LogP contribution in [0.2, 0.25) is 0 Å². The average Bonchev–Trinajstić information content (AvgIpc) is 2.92. The van der Waals surface area contributed by atoms with Crippen LogP contribution in [0.1, 0.15) is 20.8 Å². The normalized spacial score (nSPS) is 12.8. The highest BCUT2D eigenvalue weighted by Gasteiger charge is 2.55. The highest BCUT2D eigenvalue weighted by molar-refractivity contribution is 7.15. The molecule has 0 heterocycles. The fourth-order valence-corrected chi connectivity index (χ4v) is 9.69. The molecule has 3 aromatic carbocycles. The molecule has 0 saturated heterocycles. The van der Waals surface area contributed by atoms with Gasteiger partial charge in [0, 0.05) is 40.8 Å². The first-order chi connectivity index (χ1) is 19.6. The number of allylic oxidation sites excluding steroid dienone is 1. The third-order valence-electron chi connectivity index (χ3n) is 6.42. The summed E-state index contributed by atoms with van der Waals surface area (Å²) in [6.45, 7) is 3.61. The zero-order valence-corrected chi connectivity index (χ0v) is 23.2. The fraction of sp³-hybridized carbons (Fsp3) is 0.231. The van der Waals surface area contributed by atoms with E-state index in [2.05, 4.69) is 0 Å². The number of halogens is 15. The maximum absolute atomic E-state index is 15.6. The van der Waals surface area contributed by atoms with E-state index in [4.69, 9.17) is 0 Å². The standard InChI is InChI=1S/C26H16F15NSi/c1-26(2,3)7(42(4)5)6-43(23-17(36)11(30)8(27)12(31)18(23)37,24-19(38)13(32)9(28)14(33)20(24)39)25-21(40)15(34)10(29)16(35)22(25)41/h6H,1-5H3/b7-6-. The van der Waals surface area contributed by atoms with Crippen molar-refractivity contribution in [1.82, 2.24) is 4.90 Å². The summed E-state index contributed by atoms with van der Waals surface area (Å²) in [5.74, 6) is -45.1. The molecule has 234 valence electrons. The molecule has 0 saturated carbocycles. The van der Waals surface area contributed by atoms with Crippen LogP contribution in [0.5, 0.6) is 0 Å². The third kappa shape index (κ3) is 4.94. The zero-order valence-electron chi connectivity index (χ0n) is 22.2. The van der Waals surface area contributed by atoms with E-state index < -0.39 is 122 Å². The lowest BCUT2D eigenvalue weighted by Gasteiger charge is -2.37. The monoisotopic (exact) mass is 655 g/mol. The van der Waals surface area contributed by atoms with Crippen LogP contribution in [0.15, 0.2) is 11.4 Å². The Balaban J connectivity index is 3.06. The molecule has 3 rings (SSSR count). The van der Waals surface area contributed by atoms with Gasteiger partial charge in [-0.3, -0.25) is 0 Å². The lowest BCUT2D eigenvalue weighted by molar-refractivity contribution is 0.353. The predicted octanol–water partition coefficient (Wildman–Crippen LogP) is 6.27. The Labute approximate surface area is 233 Å². The molecule has 0 radical (unpaired) electrons. The Morgan fingerprint density at radius 1 is 0.419 bits per heavy atom. The van der Waals surface area contributed by atoms with Gasteiger partial charge in [0.15, 0.2) is 77.9 Å². The molecule has 0 unspecified atom stereocenters. The van der Waals surface area contributed by atoms with Gasteiger partial charge < -0.3 is 4.90 Å². The highest BCUT2D eigenvalue weighted by Crippen LogP contribution is 2.33. The van der Waals surface area contributed by atoms with Crippen LogP contribution in [-0.4, -0.2) is 27.1 Å². The van der Waals surface area contributed by atoms with Gasteiger partial charge in [-0.1, -0.05) is 26.5 Å². The van der Waals surface area contributed by atoms with Crippen molar-refractivity contribution in [2.24, 2.45) is 5.41 Å². The molecule has 0 amide bonds. The molecule has 0 spiro atoms. The maximum Gasteiger partial charge on any atom is 0.200 e. The summed E-state index contributed by atoms with van der Waals surface area (Å²) in [7, 11) is -4.95. The van der Waals surface area contributed by atoms with E-state index in [0.717, 1.165) is 19.0 Å². The molecule has 0 aliphatic heterocycles. The molecular weight excluding hydrogens is 639 g/mol. The van der Waals surface area contributed by atoms with Crippen molar-refractivity contribution in [3.63, 3.8) is 0 Å². The van der Waals surface area contributed by atoms with Crippen molar-refractivity contribution < 1.29 is 65.9 Å². The predicted molar refractivity (Wildman–Crippen MR) is 125 cm³/mol. The van der Waals surface area contributed by atoms with E-state index in [-0.39, 0.29) is 5.70 Å². The van der Waals surface area contributed by atoms with Crippen LogP contribution in [0.3, 0.4) is 0 Å². The topological polar surface area (TPSA) is 3.24 Å². The van der Waals surface area contributed by atoms with Gasteiger partial charge >= 0.3 is 0 Å². The van der Waals surface area contributed by atoms with Crippen LogP contribution in [-0.2, 0) is 0 Å². The quantitative estimate of drug-likeness (QED) is 0.103. The van der Waals surface area contributed by atoms with E-state index in [1.165, 1.54) is 20.8 Å². The van der Waals surface area contributed by atoms with Crippen LogP contribution >= 0.6 is 0 Å². The summed E-state index contributed by atoms with van der Waals surface area (Å²) < 4.78 is 223. The molecule has 0 aliphatic carbocycles. The van der Waals surface area contributed by atoms with E-state index in [9.17, 15) is 39.5 Å². The van der Waals surface area contributed by atoms with Gasteiger partial charge in [-0.15, -0.1) is 0 Å². The van der Waals surface area contributed by atoms with Crippen LogP contribution < -0.4 is 15.6 Å². The second kappa shape index (κ2) is 11.1. The number of hydrogen-bond donors (Lipinski definition) is 0. The van der Waals surface area contributed by atoms with Gasteiger partial charge in [-0.05, 0) is 0 Å². The highest BCUT2D eigenvalue weighted by atomic mass is 28.3. The molecule has 17 heteroatoms. The van der Waals surface area contributed by atoms with Gasteiger partial charge in [-0.25, -0.2) is 65.9 Å². The third-order valence-corrected chi connectivity index (χ3v) is 10.8. The molecular formula is C26H16F15NSi. The molecule has 0 aromatic heterocycles. The second-order valence-corrected chi connectivity index (χ2v) is 13.7. The van der Waals surface area contributed by atoms with E-state index in [1.807, 2.05) is 0 Å². The van der Waals surface area contributed by atoms with Crippen molar-refractivity contribution >= 4 is 23.6 Å². The molecule has 0 bridgehead atoms. The minimum absolute atomic E-state index is 0.0296. The number of nitrogens with zero attached hydrogens (tertiary/aromatic N) is 1. The van der Waals surface area contributed by atoms with E-state index >= 15 is 26.3 Å². The molecule has 0 atom stereocenters. The lowest BCUT2D eigenvalue weighted by atomic mass is 9.92. The SMILES string of the molecule is CN(C)/C(=C\[Si](c1c(F)c(F)c(F)c(F)c1F)(c1c(F)c(F)c(F)c(F)c1F)c1c(F)c(F)c(F)c(F)c1F)C(C)(C)C. The minimum Gasteiger partial charge on any atom is -0.381 e. The summed E-state index contributed by atoms with van der Waals surface area (Å²) in [4.78, 5) is 0.881. The first-order valence-corrected chi connectivity index (χ1v) is 13.6. The summed E-state index contributed by atoms with van der Waals surface area (Å²) in [6, 6.07) is 0. The van der Waals surface area contributed by atoms with Crippen molar-refractivity contribution in [1.29, 1.82) is 0 Å². The summed E-state index contributed by atoms with van der Waals surface area (Å²) in [5.41, 5.74) is -2.11. The first-order valence-electron chi connectivity index (χ1n) is 11.5. The second-order valence-electron chi connectivity index (χ2n) is 10.3. The van der Waals surface area contributed by atoms with Gasteiger partial charge in [0.1, 0.15) is 0 Å². The maximum atomic E-state index is 15.6. The van der Waals surface area contributed by atoms with Crippen LogP contribution in [0.4, 0.5) is 65.9 Å². The van der Waals surface area contributed by atoms with E-state index in [0.29, 0.717) is 0 Å². The number of rotatable bonds is 5. The van der Waals surface area contributed by atoms with Crippen molar-refractivity contribution in [3.05, 3.63) is 98.7 Å². The van der Waals surface area contributed by atoms with Gasteiger partial charge in [0.05, 0.1) is 0 Å². The van der Waals surface area contributed by atoms with Gasteiger partial charge in [0.2, 0.25) is 17.5 Å².